The van der Waals surface area contributed by atoms with E-state index in [1.54, 1.807) is 18.1 Å². The van der Waals surface area contributed by atoms with E-state index >= 15 is 0 Å². The first-order valence-corrected chi connectivity index (χ1v) is 11.5. The second kappa shape index (κ2) is 9.38. The van der Waals surface area contributed by atoms with Crippen LogP contribution in [0.3, 0.4) is 0 Å². The molecule has 31 heavy (non-hydrogen) atoms. The van der Waals surface area contributed by atoms with Crippen LogP contribution in [0.25, 0.3) is 11.0 Å². The Labute approximate surface area is 186 Å². The van der Waals surface area contributed by atoms with Gasteiger partial charge in [-0.05, 0) is 49.7 Å². The standard InChI is InChI=1S/C23H25N7S/c1-3-17-18(12-24)22(30-8-4-7-29(2)9-10-30)28-23(19(17)13-25)31-14-16-5-6-20-21(11-16)27-15-26-20/h5-6,11,15H,3-4,7-10,14H2,1-2H3,(H,26,27). The Morgan fingerprint density at radius 3 is 2.74 bits per heavy atom. The molecule has 1 aliphatic rings. The fourth-order valence-corrected chi connectivity index (χ4v) is 4.95. The van der Waals surface area contributed by atoms with Crippen LogP contribution in [0.5, 0.6) is 0 Å². The molecular weight excluding hydrogens is 406 g/mol. The topological polar surface area (TPSA) is 95.6 Å². The van der Waals surface area contributed by atoms with E-state index in [0.29, 0.717) is 28.3 Å². The lowest BCUT2D eigenvalue weighted by Gasteiger charge is -2.25. The van der Waals surface area contributed by atoms with Crippen molar-refractivity contribution in [2.75, 3.05) is 38.1 Å². The SMILES string of the molecule is CCc1c(C#N)c(SCc2ccc3nc[nH]c3c2)nc(N2CCCN(C)CC2)c1C#N. The molecule has 2 aromatic heterocycles. The summed E-state index contributed by atoms with van der Waals surface area (Å²) >= 11 is 1.55. The van der Waals surface area contributed by atoms with E-state index in [9.17, 15) is 10.5 Å². The molecule has 0 atom stereocenters. The van der Waals surface area contributed by atoms with Gasteiger partial charge in [-0.15, -0.1) is 11.8 Å². The average molecular weight is 432 g/mol. The lowest BCUT2D eigenvalue weighted by atomic mass is 10.0. The van der Waals surface area contributed by atoms with Gasteiger partial charge in [-0.3, -0.25) is 0 Å². The Morgan fingerprint density at radius 1 is 1.13 bits per heavy atom. The average Bonchev–Trinajstić information content (AvgIpc) is 3.15. The molecule has 0 unspecified atom stereocenters. The van der Waals surface area contributed by atoms with Crippen molar-refractivity contribution in [2.45, 2.75) is 30.5 Å². The van der Waals surface area contributed by atoms with Crippen LogP contribution < -0.4 is 4.90 Å². The van der Waals surface area contributed by atoms with Crippen LogP contribution in [0.1, 0.15) is 35.6 Å². The molecule has 0 saturated carbocycles. The number of H-pyrrole nitrogens is 1. The van der Waals surface area contributed by atoms with E-state index in [2.05, 4.69) is 51.1 Å². The fraction of sp³-hybridized carbons (Fsp3) is 0.391. The summed E-state index contributed by atoms with van der Waals surface area (Å²) < 4.78 is 0. The molecule has 158 valence electrons. The highest BCUT2D eigenvalue weighted by Gasteiger charge is 2.24. The van der Waals surface area contributed by atoms with Crippen molar-refractivity contribution in [1.29, 1.82) is 10.5 Å². The van der Waals surface area contributed by atoms with Gasteiger partial charge in [-0.25, -0.2) is 9.97 Å². The van der Waals surface area contributed by atoms with Crippen molar-refractivity contribution in [1.82, 2.24) is 19.9 Å². The highest BCUT2D eigenvalue weighted by atomic mass is 32.2. The Kier molecular flexibility index (Phi) is 6.41. The van der Waals surface area contributed by atoms with Gasteiger partial charge in [-0.2, -0.15) is 10.5 Å². The van der Waals surface area contributed by atoms with E-state index in [4.69, 9.17) is 4.98 Å². The zero-order chi connectivity index (χ0) is 21.8. The van der Waals surface area contributed by atoms with Crippen molar-refractivity contribution in [3.05, 3.63) is 46.8 Å². The Balaban J connectivity index is 1.70. The second-order valence-corrected chi connectivity index (χ2v) is 8.70. The number of nitrogens with zero attached hydrogens (tertiary/aromatic N) is 6. The van der Waals surface area contributed by atoms with Gasteiger partial charge in [0.05, 0.1) is 28.5 Å². The third-order valence-corrected chi connectivity index (χ3v) is 6.75. The van der Waals surface area contributed by atoms with Crippen molar-refractivity contribution < 1.29 is 0 Å². The molecule has 3 heterocycles. The van der Waals surface area contributed by atoms with Crippen molar-refractivity contribution >= 4 is 28.6 Å². The fourth-order valence-electron chi connectivity index (χ4n) is 4.00. The van der Waals surface area contributed by atoms with Gasteiger partial charge in [0.25, 0.3) is 0 Å². The van der Waals surface area contributed by atoms with Gasteiger partial charge in [0.2, 0.25) is 0 Å². The molecular formula is C23H25N7S. The molecule has 0 aliphatic carbocycles. The number of rotatable bonds is 5. The number of nitriles is 2. The van der Waals surface area contributed by atoms with E-state index < -0.39 is 0 Å². The zero-order valence-electron chi connectivity index (χ0n) is 17.9. The summed E-state index contributed by atoms with van der Waals surface area (Å²) in [4.78, 5) is 16.8. The zero-order valence-corrected chi connectivity index (χ0v) is 18.7. The summed E-state index contributed by atoms with van der Waals surface area (Å²) in [5, 5.41) is 20.5. The maximum absolute atomic E-state index is 9.93. The van der Waals surface area contributed by atoms with Gasteiger partial charge in [-0.1, -0.05) is 13.0 Å². The minimum absolute atomic E-state index is 0.530. The van der Waals surface area contributed by atoms with Crippen molar-refractivity contribution in [3.8, 4) is 12.1 Å². The number of hydrogen-bond donors (Lipinski definition) is 1. The van der Waals surface area contributed by atoms with Crippen LogP contribution in [-0.2, 0) is 12.2 Å². The number of likely N-dealkylation sites (N-methyl/N-ethyl adjacent to an activating group) is 1. The summed E-state index contributed by atoms with van der Waals surface area (Å²) in [7, 11) is 2.12. The smallest absolute Gasteiger partial charge is 0.148 e. The normalized spacial score (nSPS) is 14.9. The molecule has 0 amide bonds. The molecule has 0 spiro atoms. The number of nitrogens with one attached hydrogen (secondary N) is 1. The molecule has 3 aromatic rings. The molecule has 1 fully saturated rings. The molecule has 0 bridgehead atoms. The predicted molar refractivity (Wildman–Crippen MR) is 123 cm³/mol. The quantitative estimate of drug-likeness (QED) is 0.615. The van der Waals surface area contributed by atoms with Gasteiger partial charge < -0.3 is 14.8 Å². The predicted octanol–water partition coefficient (Wildman–Crippen LogP) is 3.70. The summed E-state index contributed by atoms with van der Waals surface area (Å²) in [5.41, 5.74) is 4.95. The van der Waals surface area contributed by atoms with E-state index in [1.807, 2.05) is 13.0 Å². The number of aromatic nitrogens is 3. The van der Waals surface area contributed by atoms with Crippen LogP contribution in [-0.4, -0.2) is 53.1 Å². The molecule has 0 radical (unpaired) electrons. The molecule has 8 heteroatoms. The number of hydrogen-bond acceptors (Lipinski definition) is 7. The van der Waals surface area contributed by atoms with E-state index in [0.717, 1.165) is 60.6 Å². The van der Waals surface area contributed by atoms with Gasteiger partial charge in [0, 0.05) is 25.4 Å². The van der Waals surface area contributed by atoms with E-state index in [-0.39, 0.29) is 0 Å². The summed E-state index contributed by atoms with van der Waals surface area (Å²) in [6.07, 6.45) is 3.34. The van der Waals surface area contributed by atoms with Crippen LogP contribution in [0.4, 0.5) is 5.82 Å². The number of fused-ring (bicyclic) bond motifs is 1. The molecule has 4 rings (SSSR count). The van der Waals surface area contributed by atoms with Crippen LogP contribution in [0.15, 0.2) is 29.6 Å². The van der Waals surface area contributed by atoms with Gasteiger partial charge >= 0.3 is 0 Å². The van der Waals surface area contributed by atoms with E-state index in [1.165, 1.54) is 0 Å². The largest absolute Gasteiger partial charge is 0.354 e. The number of pyridine rings is 1. The molecule has 1 saturated heterocycles. The first-order chi connectivity index (χ1) is 15.1. The highest BCUT2D eigenvalue weighted by molar-refractivity contribution is 7.98. The molecule has 1 aliphatic heterocycles. The van der Waals surface area contributed by atoms with Crippen molar-refractivity contribution in [2.24, 2.45) is 0 Å². The third-order valence-electron chi connectivity index (χ3n) is 5.70. The second-order valence-electron chi connectivity index (χ2n) is 7.73. The lowest BCUT2D eigenvalue weighted by Crippen LogP contribution is -2.30. The monoisotopic (exact) mass is 431 g/mol. The Morgan fingerprint density at radius 2 is 1.97 bits per heavy atom. The number of thioether (sulfide) groups is 1. The molecule has 1 N–H and O–H groups in total. The first-order valence-electron chi connectivity index (χ1n) is 10.5. The van der Waals surface area contributed by atoms with Crippen LogP contribution in [0.2, 0.25) is 0 Å². The number of anilines is 1. The summed E-state index contributed by atoms with van der Waals surface area (Å²) in [6.45, 7) is 5.65. The molecule has 1 aromatic carbocycles. The van der Waals surface area contributed by atoms with Crippen molar-refractivity contribution in [3.63, 3.8) is 0 Å². The van der Waals surface area contributed by atoms with Gasteiger partial charge in [0.15, 0.2) is 0 Å². The minimum Gasteiger partial charge on any atom is -0.354 e. The lowest BCUT2D eigenvalue weighted by molar-refractivity contribution is 0.360. The van der Waals surface area contributed by atoms with Gasteiger partial charge in [0.1, 0.15) is 23.0 Å². The van der Waals surface area contributed by atoms with Crippen LogP contribution in [0, 0.1) is 22.7 Å². The number of benzene rings is 1. The maximum Gasteiger partial charge on any atom is 0.148 e. The number of aromatic amines is 1. The Bertz CT molecular complexity index is 1170. The highest BCUT2D eigenvalue weighted by Crippen LogP contribution is 2.34. The third kappa shape index (κ3) is 4.36. The Hall–Kier alpha value is -3.07. The summed E-state index contributed by atoms with van der Waals surface area (Å²) in [5.74, 6) is 1.41. The first kappa shape index (κ1) is 21.2. The minimum atomic E-state index is 0.530. The summed E-state index contributed by atoms with van der Waals surface area (Å²) in [6, 6.07) is 10.8. The molecule has 7 nitrogen and oxygen atoms in total. The number of imidazole rings is 1. The van der Waals surface area contributed by atoms with Crippen LogP contribution >= 0.6 is 11.8 Å². The maximum atomic E-state index is 9.93.